The van der Waals surface area contributed by atoms with Crippen LogP contribution in [-0.2, 0) is 6.18 Å². The van der Waals surface area contributed by atoms with Crippen LogP contribution in [0.2, 0.25) is 5.02 Å². The van der Waals surface area contributed by atoms with E-state index >= 15 is 0 Å². The zero-order valence-electron chi connectivity index (χ0n) is 10.3. The lowest BCUT2D eigenvalue weighted by Gasteiger charge is -2.12. The number of anilines is 2. The van der Waals surface area contributed by atoms with Crippen molar-refractivity contribution in [2.24, 2.45) is 0 Å². The molecular weight excluding hydrogens is 309 g/mol. The number of hydrogen-bond donors (Lipinski definition) is 1. The van der Waals surface area contributed by atoms with Gasteiger partial charge in [-0.3, -0.25) is 10.1 Å². The minimum absolute atomic E-state index is 0.107. The lowest BCUT2D eigenvalue weighted by atomic mass is 10.1. The summed E-state index contributed by atoms with van der Waals surface area (Å²) in [6.07, 6.45) is -4.76. The summed E-state index contributed by atoms with van der Waals surface area (Å²) in [6.45, 7) is 0. The van der Waals surface area contributed by atoms with Gasteiger partial charge in [0.1, 0.15) is 5.69 Å². The highest BCUT2D eigenvalue weighted by molar-refractivity contribution is 6.31. The zero-order valence-corrected chi connectivity index (χ0v) is 11.1. The Morgan fingerprint density at radius 1 is 1.14 bits per heavy atom. The van der Waals surface area contributed by atoms with Gasteiger partial charge in [0.2, 0.25) is 0 Å². The smallest absolute Gasteiger partial charge is 0.350 e. The number of rotatable bonds is 3. The van der Waals surface area contributed by atoms with Gasteiger partial charge >= 0.3 is 6.18 Å². The molecule has 0 spiro atoms. The first-order valence-corrected chi connectivity index (χ1v) is 6.04. The summed E-state index contributed by atoms with van der Waals surface area (Å²) >= 11 is 5.57. The highest BCUT2D eigenvalue weighted by Gasteiger charge is 2.36. The third-order valence-electron chi connectivity index (χ3n) is 2.64. The van der Waals surface area contributed by atoms with Crippen molar-refractivity contribution in [3.05, 3.63) is 63.2 Å². The lowest BCUT2D eigenvalue weighted by Crippen LogP contribution is -2.08. The molecule has 0 bridgehead atoms. The number of nitro groups is 1. The molecule has 21 heavy (non-hydrogen) atoms. The van der Waals surface area contributed by atoms with Crippen molar-refractivity contribution >= 4 is 28.7 Å². The summed E-state index contributed by atoms with van der Waals surface area (Å²) in [4.78, 5) is 10.1. The Hall–Kier alpha value is -2.28. The molecule has 0 heterocycles. The van der Waals surface area contributed by atoms with Crippen LogP contribution in [0.15, 0.2) is 42.5 Å². The van der Waals surface area contributed by atoms with Crippen LogP contribution in [-0.4, -0.2) is 4.92 Å². The van der Waals surface area contributed by atoms with Crippen LogP contribution in [0, 0.1) is 10.1 Å². The summed E-state index contributed by atoms with van der Waals surface area (Å²) < 4.78 is 38.2. The van der Waals surface area contributed by atoms with Gasteiger partial charge in [0, 0.05) is 11.8 Å². The molecule has 0 atom stereocenters. The van der Waals surface area contributed by atoms with E-state index < -0.39 is 27.4 Å². The average Bonchev–Trinajstić information content (AvgIpc) is 2.38. The average molecular weight is 317 g/mol. The van der Waals surface area contributed by atoms with Gasteiger partial charge in [-0.2, -0.15) is 13.2 Å². The maximum atomic E-state index is 12.7. The third-order valence-corrected chi connectivity index (χ3v) is 2.95. The maximum Gasteiger partial charge on any atom is 0.418 e. The van der Waals surface area contributed by atoms with E-state index in [1.54, 1.807) is 30.3 Å². The van der Waals surface area contributed by atoms with Crippen LogP contribution < -0.4 is 5.32 Å². The van der Waals surface area contributed by atoms with Crippen molar-refractivity contribution in [3.63, 3.8) is 0 Å². The van der Waals surface area contributed by atoms with Crippen LogP contribution in [0.1, 0.15) is 5.56 Å². The molecule has 0 amide bonds. The van der Waals surface area contributed by atoms with Crippen molar-refractivity contribution in [1.82, 2.24) is 0 Å². The molecule has 1 N–H and O–H groups in total. The number of benzene rings is 2. The van der Waals surface area contributed by atoms with Crippen molar-refractivity contribution in [2.75, 3.05) is 5.32 Å². The van der Waals surface area contributed by atoms with Gasteiger partial charge in [0.15, 0.2) is 0 Å². The van der Waals surface area contributed by atoms with Gasteiger partial charge in [-0.25, -0.2) is 0 Å². The molecule has 0 aliphatic heterocycles. The maximum absolute atomic E-state index is 12.7. The Kier molecular flexibility index (Phi) is 4.04. The number of nitro benzene ring substituents is 1. The van der Waals surface area contributed by atoms with E-state index in [0.717, 1.165) is 6.07 Å². The molecular formula is C13H8ClF3N2O2. The van der Waals surface area contributed by atoms with Crippen LogP contribution in [0.3, 0.4) is 0 Å². The number of nitrogens with one attached hydrogen (secondary N) is 1. The van der Waals surface area contributed by atoms with Crippen LogP contribution in [0.5, 0.6) is 0 Å². The number of nitrogens with zero attached hydrogens (tertiary/aromatic N) is 1. The number of halogens is 4. The fraction of sp³-hybridized carbons (Fsp3) is 0.0769. The topological polar surface area (TPSA) is 55.2 Å². The second-order valence-electron chi connectivity index (χ2n) is 4.10. The first-order chi connectivity index (χ1) is 9.79. The van der Waals surface area contributed by atoms with Crippen molar-refractivity contribution in [1.29, 1.82) is 0 Å². The summed E-state index contributed by atoms with van der Waals surface area (Å²) in [5.74, 6) is 0. The fourth-order valence-corrected chi connectivity index (χ4v) is 1.98. The van der Waals surface area contributed by atoms with Crippen molar-refractivity contribution in [3.8, 4) is 0 Å². The molecule has 4 nitrogen and oxygen atoms in total. The first kappa shape index (κ1) is 15.1. The number of hydrogen-bond acceptors (Lipinski definition) is 3. The lowest BCUT2D eigenvalue weighted by molar-refractivity contribution is -0.384. The van der Waals surface area contributed by atoms with E-state index in [1.807, 2.05) is 0 Å². The van der Waals surface area contributed by atoms with Crippen LogP contribution >= 0.6 is 11.6 Å². The highest BCUT2D eigenvalue weighted by Crippen LogP contribution is 2.40. The molecule has 2 aromatic carbocycles. The molecule has 0 fully saturated rings. The van der Waals surface area contributed by atoms with E-state index in [1.165, 1.54) is 0 Å². The van der Waals surface area contributed by atoms with Gasteiger partial charge in [-0.1, -0.05) is 29.8 Å². The Balaban J connectivity index is 2.51. The molecule has 8 heteroatoms. The monoisotopic (exact) mass is 316 g/mol. The Morgan fingerprint density at radius 2 is 1.76 bits per heavy atom. The van der Waals surface area contributed by atoms with Crippen molar-refractivity contribution < 1.29 is 18.1 Å². The third kappa shape index (κ3) is 3.43. The van der Waals surface area contributed by atoms with Gasteiger partial charge in [0.05, 0.1) is 15.5 Å². The molecule has 0 aromatic heterocycles. The molecule has 0 unspecified atom stereocenters. The Labute approximate surface area is 122 Å². The predicted molar refractivity (Wildman–Crippen MR) is 72.8 cm³/mol. The molecule has 0 aliphatic rings. The van der Waals surface area contributed by atoms with Gasteiger partial charge in [-0.15, -0.1) is 0 Å². The van der Waals surface area contributed by atoms with Crippen molar-refractivity contribution in [2.45, 2.75) is 6.18 Å². The van der Waals surface area contributed by atoms with E-state index in [4.69, 9.17) is 11.6 Å². The number of alkyl halides is 3. The zero-order chi connectivity index (χ0) is 15.6. The second kappa shape index (κ2) is 5.61. The standard InChI is InChI=1S/C13H8ClF3N2O2/c14-10-7-11(18-8-4-2-1-3-5-8)12(19(20)21)6-9(10)13(15,16)17/h1-7,18H. The molecule has 2 rings (SSSR count). The Bertz CT molecular complexity index is 675. The predicted octanol–water partition coefficient (Wildman–Crippen LogP) is 5.01. The molecule has 0 saturated heterocycles. The first-order valence-electron chi connectivity index (χ1n) is 5.66. The molecule has 2 aromatic rings. The molecule has 0 radical (unpaired) electrons. The quantitative estimate of drug-likeness (QED) is 0.639. The Morgan fingerprint density at radius 3 is 2.29 bits per heavy atom. The largest absolute Gasteiger partial charge is 0.418 e. The highest BCUT2D eigenvalue weighted by atomic mass is 35.5. The number of para-hydroxylation sites is 1. The van der Waals surface area contributed by atoms with Gasteiger partial charge < -0.3 is 5.32 Å². The minimum Gasteiger partial charge on any atom is -0.350 e. The molecule has 0 aliphatic carbocycles. The van der Waals surface area contributed by atoms with Crippen LogP contribution in [0.25, 0.3) is 0 Å². The van der Waals surface area contributed by atoms with E-state index in [-0.39, 0.29) is 5.69 Å². The minimum atomic E-state index is -4.76. The SMILES string of the molecule is O=[N+]([O-])c1cc(C(F)(F)F)c(Cl)cc1Nc1ccccc1. The van der Waals surface area contributed by atoms with Crippen LogP contribution in [0.4, 0.5) is 30.2 Å². The summed E-state index contributed by atoms with van der Waals surface area (Å²) in [5, 5.41) is 13.0. The fourth-order valence-electron chi connectivity index (χ4n) is 1.71. The van der Waals surface area contributed by atoms with E-state index in [2.05, 4.69) is 5.32 Å². The molecule has 110 valence electrons. The summed E-state index contributed by atoms with van der Waals surface area (Å²) in [7, 11) is 0. The normalized spacial score (nSPS) is 11.2. The van der Waals surface area contributed by atoms with E-state index in [9.17, 15) is 23.3 Å². The second-order valence-corrected chi connectivity index (χ2v) is 4.50. The van der Waals surface area contributed by atoms with E-state index in [0.29, 0.717) is 11.8 Å². The van der Waals surface area contributed by atoms with Gasteiger partial charge in [-0.05, 0) is 18.2 Å². The molecule has 0 saturated carbocycles. The summed E-state index contributed by atoms with van der Waals surface area (Å²) in [5.41, 5.74) is -1.55. The van der Waals surface area contributed by atoms with Gasteiger partial charge in [0.25, 0.3) is 5.69 Å². The summed E-state index contributed by atoms with van der Waals surface area (Å²) in [6, 6.07) is 9.66.